The van der Waals surface area contributed by atoms with Crippen LogP contribution in [0.4, 0.5) is 30.7 Å². The third-order valence-corrected chi connectivity index (χ3v) is 11.7. The molecule has 0 radical (unpaired) electrons. The molecule has 56 heavy (non-hydrogen) atoms. The number of hydrogen-bond acceptors (Lipinski definition) is 7. The van der Waals surface area contributed by atoms with Crippen molar-refractivity contribution in [2.45, 2.75) is 76.1 Å². The number of ether oxygens (including phenoxy) is 2. The molecular weight excluding hydrogens is 766 g/mol. The molecule has 0 spiro atoms. The number of amides is 1. The first-order valence-corrected chi connectivity index (χ1v) is 21.5. The normalized spacial score (nSPS) is 17.6. The van der Waals surface area contributed by atoms with E-state index in [1.54, 1.807) is 6.07 Å². The van der Waals surface area contributed by atoms with Gasteiger partial charge in [0.15, 0.2) is 0 Å². The van der Waals surface area contributed by atoms with Gasteiger partial charge in [0.05, 0.1) is 36.1 Å². The van der Waals surface area contributed by atoms with Crippen molar-refractivity contribution < 1.29 is 49.8 Å². The molecule has 2 aliphatic rings. The lowest BCUT2D eigenvalue weighted by Gasteiger charge is -2.23. The molecule has 3 aromatic heterocycles. The molecule has 1 saturated carbocycles. The molecule has 0 aliphatic heterocycles. The number of esters is 1. The van der Waals surface area contributed by atoms with Gasteiger partial charge in [0.2, 0.25) is 5.91 Å². The third-order valence-electron chi connectivity index (χ3n) is 10.0. The van der Waals surface area contributed by atoms with Gasteiger partial charge in [-0.3, -0.25) is 9.48 Å². The van der Waals surface area contributed by atoms with Crippen molar-refractivity contribution in [3.63, 3.8) is 0 Å². The molecule has 18 heteroatoms. The number of carbonyl (C=O) groups excluding carboxylic acids is 2. The van der Waals surface area contributed by atoms with Gasteiger partial charge in [0.25, 0.3) is 12.3 Å². The quantitative estimate of drug-likeness (QED) is 0.0524. The van der Waals surface area contributed by atoms with Crippen LogP contribution >= 0.6 is 0 Å². The van der Waals surface area contributed by atoms with Gasteiger partial charge in [0, 0.05) is 37.8 Å². The summed E-state index contributed by atoms with van der Waals surface area (Å²) in [5, 5.41) is 10.8. The highest BCUT2D eigenvalue weighted by Crippen LogP contribution is 2.68. The Morgan fingerprint density at radius 3 is 2.43 bits per heavy atom. The Bertz CT molecular complexity index is 2320. The molecule has 2 aromatic carbocycles. The monoisotopic (exact) mass is 802 g/mol. The average molecular weight is 803 g/mol. The van der Waals surface area contributed by atoms with Crippen LogP contribution in [-0.4, -0.2) is 58.2 Å². The first-order valence-electron chi connectivity index (χ1n) is 17.8. The number of benzene rings is 2. The zero-order chi connectivity index (χ0) is 40.3. The van der Waals surface area contributed by atoms with Crippen molar-refractivity contribution in [1.29, 1.82) is 0 Å². The summed E-state index contributed by atoms with van der Waals surface area (Å²) < 4.78 is 115. The lowest BCUT2D eigenvalue weighted by atomic mass is 9.94. The molecule has 1 unspecified atom stereocenters. The van der Waals surface area contributed by atoms with E-state index < -0.39 is 91.1 Å². The number of methoxy groups -OCH3 is 1. The summed E-state index contributed by atoms with van der Waals surface area (Å²) in [7, 11) is -0.338. The Hall–Kier alpha value is -5.10. The van der Waals surface area contributed by atoms with Crippen LogP contribution in [0.2, 0.25) is 25.7 Å². The topological polar surface area (TPSA) is 113 Å². The smallest absolute Gasteiger partial charge is 0.340 e. The number of nitrogens with zero attached hydrogens (tertiary/aromatic N) is 5. The van der Waals surface area contributed by atoms with Crippen LogP contribution in [0.25, 0.3) is 22.2 Å². The second-order valence-corrected chi connectivity index (χ2v) is 20.9. The maximum absolute atomic E-state index is 15.3. The van der Waals surface area contributed by atoms with Gasteiger partial charge in [-0.15, -0.1) is 0 Å². The molecule has 296 valence electrons. The van der Waals surface area contributed by atoms with Crippen molar-refractivity contribution in [2.24, 2.45) is 5.92 Å². The number of hydrogen-bond donors (Lipinski definition) is 1. The number of nitrogens with one attached hydrogen (secondary N) is 1. The van der Waals surface area contributed by atoms with Crippen LogP contribution in [-0.2, 0) is 39.9 Å². The summed E-state index contributed by atoms with van der Waals surface area (Å²) in [6.45, 7) is 6.22. The van der Waals surface area contributed by atoms with Crippen molar-refractivity contribution in [3.8, 4) is 11.1 Å². The number of carbonyl (C=O) groups is 2. The second kappa shape index (κ2) is 14.8. The predicted octanol–water partition coefficient (Wildman–Crippen LogP) is 8.06. The van der Waals surface area contributed by atoms with Crippen molar-refractivity contribution >= 4 is 31.0 Å². The molecule has 5 aromatic rings. The van der Waals surface area contributed by atoms with Gasteiger partial charge in [-0.25, -0.2) is 36.4 Å². The molecule has 7 rings (SSSR count). The molecule has 1 fully saturated rings. The van der Waals surface area contributed by atoms with E-state index in [0.717, 1.165) is 31.4 Å². The van der Waals surface area contributed by atoms with Crippen LogP contribution in [0.3, 0.4) is 0 Å². The minimum Gasteiger partial charge on any atom is -0.465 e. The van der Waals surface area contributed by atoms with Crippen LogP contribution in [0.1, 0.15) is 63.4 Å². The molecular formula is C38H37F7N6O4Si. The molecule has 3 heterocycles. The number of fused-ring (bicyclic) bond motifs is 4. The van der Waals surface area contributed by atoms with Gasteiger partial charge in [-0.05, 0) is 66.3 Å². The fourth-order valence-corrected chi connectivity index (χ4v) is 8.00. The van der Waals surface area contributed by atoms with Gasteiger partial charge in [-0.1, -0.05) is 25.7 Å². The van der Waals surface area contributed by atoms with Gasteiger partial charge in [-0.2, -0.15) is 19.0 Å². The molecule has 10 nitrogen and oxygen atoms in total. The van der Waals surface area contributed by atoms with E-state index >= 15 is 8.78 Å². The van der Waals surface area contributed by atoms with E-state index in [0.29, 0.717) is 28.4 Å². The Morgan fingerprint density at radius 2 is 1.75 bits per heavy atom. The lowest BCUT2D eigenvalue weighted by molar-refractivity contribution is -0.123. The van der Waals surface area contributed by atoms with E-state index in [4.69, 9.17) is 14.5 Å². The van der Waals surface area contributed by atoms with Crippen LogP contribution in [0.5, 0.6) is 0 Å². The third kappa shape index (κ3) is 7.67. The van der Waals surface area contributed by atoms with Crippen LogP contribution in [0, 0.1) is 23.4 Å². The number of alkyl halides is 4. The summed E-state index contributed by atoms with van der Waals surface area (Å²) >= 11 is 0. The molecule has 2 aliphatic carbocycles. The van der Waals surface area contributed by atoms with Crippen molar-refractivity contribution in [1.82, 2.24) is 29.9 Å². The molecule has 0 bridgehead atoms. The zero-order valence-electron chi connectivity index (χ0n) is 30.7. The second-order valence-electron chi connectivity index (χ2n) is 15.3. The Kier molecular flexibility index (Phi) is 10.3. The summed E-state index contributed by atoms with van der Waals surface area (Å²) in [5.41, 5.74) is -0.920. The van der Waals surface area contributed by atoms with E-state index in [9.17, 15) is 31.5 Å². The summed E-state index contributed by atoms with van der Waals surface area (Å²) in [4.78, 5) is 31.2. The Morgan fingerprint density at radius 1 is 1.02 bits per heavy atom. The highest BCUT2D eigenvalue weighted by Gasteiger charge is 2.67. The first-order chi connectivity index (χ1) is 26.4. The minimum atomic E-state index is -3.49. The number of rotatable bonds is 14. The van der Waals surface area contributed by atoms with Crippen molar-refractivity contribution in [3.05, 3.63) is 99.9 Å². The highest BCUT2D eigenvalue weighted by molar-refractivity contribution is 6.76. The van der Waals surface area contributed by atoms with E-state index in [-0.39, 0.29) is 47.5 Å². The zero-order valence-corrected chi connectivity index (χ0v) is 31.7. The highest BCUT2D eigenvalue weighted by atomic mass is 28.3. The number of halogens is 7. The SMILES string of the molecule is COC(=O)c1cc(-c2cc3c(cnn3COCC[Si](C)(C)C)nc2C(Cc2cc(F)cc(F)c2)NC(=O)Cn2nc(C(F)F)c3c2C(F)(F)[C@@H]2C[C@H]32)ccc1F. The van der Waals surface area contributed by atoms with E-state index in [1.165, 1.54) is 23.0 Å². The fourth-order valence-electron chi connectivity index (χ4n) is 7.24. The average Bonchev–Trinajstić information content (AvgIpc) is 3.61. The van der Waals surface area contributed by atoms with Crippen LogP contribution < -0.4 is 5.32 Å². The van der Waals surface area contributed by atoms with E-state index in [1.807, 2.05) is 0 Å². The van der Waals surface area contributed by atoms with Crippen molar-refractivity contribution in [2.75, 3.05) is 13.7 Å². The number of pyridine rings is 1. The Labute approximate surface area is 317 Å². The summed E-state index contributed by atoms with van der Waals surface area (Å²) in [6.07, 6.45) is -2.01. The maximum atomic E-state index is 15.3. The molecule has 0 saturated heterocycles. The lowest BCUT2D eigenvalue weighted by Crippen LogP contribution is -2.35. The summed E-state index contributed by atoms with van der Waals surface area (Å²) in [6, 6.07) is 7.55. The Balaban J connectivity index is 1.32. The van der Waals surface area contributed by atoms with Gasteiger partial charge < -0.3 is 14.8 Å². The standard InChI is InChI=1S/C38H37F7N6O4Si/c1-54-37(53)25-12-20(5-6-27(25)41)23-15-30-29(16-46-51(30)18-55-7-8-56(2,3)4)48-33(23)28(11-19-9-21(39)13-22(40)10-19)47-31(52)17-50-35-32(34(49-50)36(42)43)24-14-26(24)38(35,44)45/h5-6,9-10,12-13,15-16,24,26,28,36H,7-8,11,14,17-18H2,1-4H3,(H,47,52)/t24-,26+,28?/m0/s1. The maximum Gasteiger partial charge on any atom is 0.340 e. The molecule has 1 amide bonds. The number of aromatic nitrogens is 5. The summed E-state index contributed by atoms with van der Waals surface area (Å²) in [5.74, 6) is -10.1. The largest absolute Gasteiger partial charge is 0.465 e. The first kappa shape index (κ1) is 39.1. The van der Waals surface area contributed by atoms with Gasteiger partial charge >= 0.3 is 5.97 Å². The van der Waals surface area contributed by atoms with Gasteiger partial charge in [0.1, 0.15) is 47.6 Å². The van der Waals surface area contributed by atoms with Crippen LogP contribution in [0.15, 0.2) is 48.7 Å². The predicted molar refractivity (Wildman–Crippen MR) is 191 cm³/mol. The fraction of sp³-hybridized carbons (Fsp3) is 0.395. The van der Waals surface area contributed by atoms with E-state index in [2.05, 4.69) is 35.2 Å². The molecule has 1 N–H and O–H groups in total. The minimum absolute atomic E-state index is 0.0308. The molecule has 3 atom stereocenters.